The smallest absolute Gasteiger partial charge is 0.262 e. The maximum Gasteiger partial charge on any atom is 0.297 e. The van der Waals surface area contributed by atoms with Crippen molar-refractivity contribution in [3.63, 3.8) is 0 Å². The Kier molecular flexibility index (Phi) is 9.27. The van der Waals surface area contributed by atoms with Crippen LogP contribution < -0.4 is 0 Å². The summed E-state index contributed by atoms with van der Waals surface area (Å²) in [5.41, 5.74) is 0.849. The van der Waals surface area contributed by atoms with Crippen molar-refractivity contribution in [2.45, 2.75) is 47.7 Å². The molecule has 0 bridgehead atoms. The van der Waals surface area contributed by atoms with Gasteiger partial charge in [-0.25, -0.2) is 8.42 Å². The first kappa shape index (κ1) is 29.0. The summed E-state index contributed by atoms with van der Waals surface area (Å²) in [4.78, 5) is -0.171. The van der Waals surface area contributed by atoms with Crippen molar-refractivity contribution in [2.75, 3.05) is 13.1 Å². The van der Waals surface area contributed by atoms with E-state index in [4.69, 9.17) is 8.37 Å². The number of aryl methyl sites for hydroxylation is 1. The molecule has 200 valence electrons. The number of sulfonamides is 1. The van der Waals surface area contributed by atoms with Crippen molar-refractivity contribution >= 4 is 30.3 Å². The molecule has 0 fully saturated rings. The zero-order valence-electron chi connectivity index (χ0n) is 20.6. The first-order valence-corrected chi connectivity index (χ1v) is 15.6. The average Bonchev–Trinajstić information content (AvgIpc) is 2.84. The molecule has 3 rings (SSSR count). The average molecular weight is 568 g/mol. The molecule has 0 aliphatic rings. The van der Waals surface area contributed by atoms with E-state index >= 15 is 0 Å². The molecule has 0 aliphatic carbocycles. The first-order valence-electron chi connectivity index (χ1n) is 11.3. The van der Waals surface area contributed by atoms with Gasteiger partial charge in [-0.2, -0.15) is 21.1 Å². The van der Waals surface area contributed by atoms with Crippen LogP contribution in [0.15, 0.2) is 99.6 Å². The largest absolute Gasteiger partial charge is 0.297 e. The van der Waals surface area contributed by atoms with Crippen molar-refractivity contribution in [3.8, 4) is 0 Å². The van der Waals surface area contributed by atoms with Gasteiger partial charge in [0.25, 0.3) is 20.2 Å². The van der Waals surface area contributed by atoms with Gasteiger partial charge in [0.1, 0.15) is 0 Å². The Balaban J connectivity index is 1.85. The van der Waals surface area contributed by atoms with Crippen LogP contribution in [0, 0.1) is 6.92 Å². The summed E-state index contributed by atoms with van der Waals surface area (Å²) < 4.78 is 89.1. The van der Waals surface area contributed by atoms with Crippen molar-refractivity contribution in [3.05, 3.63) is 90.5 Å². The van der Waals surface area contributed by atoms with Gasteiger partial charge < -0.3 is 0 Å². The van der Waals surface area contributed by atoms with Crippen molar-refractivity contribution in [1.29, 1.82) is 0 Å². The zero-order valence-corrected chi connectivity index (χ0v) is 23.0. The predicted octanol–water partition coefficient (Wildman–Crippen LogP) is 3.57. The molecule has 2 atom stereocenters. The van der Waals surface area contributed by atoms with E-state index in [9.17, 15) is 25.3 Å². The number of hydrogen-bond donors (Lipinski definition) is 0. The zero-order chi connectivity index (χ0) is 27.3. The first-order chi connectivity index (χ1) is 17.3. The lowest BCUT2D eigenvalue weighted by molar-refractivity contribution is 0.155. The van der Waals surface area contributed by atoms with E-state index in [1.165, 1.54) is 50.2 Å². The summed E-state index contributed by atoms with van der Waals surface area (Å²) >= 11 is 0. The Morgan fingerprint density at radius 1 is 0.595 bits per heavy atom. The third-order valence-corrected chi connectivity index (χ3v) is 9.93. The maximum absolute atomic E-state index is 13.5. The minimum atomic E-state index is -4.16. The molecule has 2 unspecified atom stereocenters. The Labute approximate surface area is 219 Å². The predicted molar refractivity (Wildman–Crippen MR) is 138 cm³/mol. The molecule has 0 saturated carbocycles. The second-order valence-electron chi connectivity index (χ2n) is 8.48. The van der Waals surface area contributed by atoms with Crippen molar-refractivity contribution < 1.29 is 33.6 Å². The second kappa shape index (κ2) is 11.8. The van der Waals surface area contributed by atoms with Gasteiger partial charge in [0.05, 0.1) is 26.9 Å². The third-order valence-electron chi connectivity index (χ3n) is 5.23. The highest BCUT2D eigenvalue weighted by atomic mass is 32.2. The Hall–Kier alpha value is -2.61. The molecular weight excluding hydrogens is 538 g/mol. The Bertz CT molecular complexity index is 1410. The van der Waals surface area contributed by atoms with Crippen LogP contribution >= 0.6 is 0 Å². The van der Waals surface area contributed by atoms with E-state index in [1.807, 2.05) is 6.92 Å². The number of benzene rings is 3. The Morgan fingerprint density at radius 3 is 1.35 bits per heavy atom. The van der Waals surface area contributed by atoms with Crippen LogP contribution in [0.3, 0.4) is 0 Å². The summed E-state index contributed by atoms with van der Waals surface area (Å²) in [5, 5.41) is 0. The Morgan fingerprint density at radius 2 is 0.973 bits per heavy atom. The monoisotopic (exact) mass is 567 g/mol. The van der Waals surface area contributed by atoms with Crippen molar-refractivity contribution in [1.82, 2.24) is 4.31 Å². The minimum absolute atomic E-state index is 0.0330. The van der Waals surface area contributed by atoms with E-state index in [0.717, 1.165) is 9.87 Å². The van der Waals surface area contributed by atoms with Gasteiger partial charge in [-0.15, -0.1) is 0 Å². The van der Waals surface area contributed by atoms with Crippen LogP contribution in [-0.2, 0) is 38.6 Å². The molecule has 0 aliphatic heterocycles. The van der Waals surface area contributed by atoms with Crippen molar-refractivity contribution in [2.24, 2.45) is 0 Å². The highest BCUT2D eigenvalue weighted by Gasteiger charge is 2.31. The van der Waals surface area contributed by atoms with E-state index in [2.05, 4.69) is 0 Å². The molecule has 3 aromatic rings. The van der Waals surface area contributed by atoms with E-state index < -0.39 is 42.5 Å². The molecule has 9 nitrogen and oxygen atoms in total. The van der Waals surface area contributed by atoms with Crippen LogP contribution in [0.1, 0.15) is 19.4 Å². The lowest BCUT2D eigenvalue weighted by Crippen LogP contribution is -2.42. The molecule has 0 N–H and O–H groups in total. The summed E-state index contributed by atoms with van der Waals surface area (Å²) in [7, 11) is -12.5. The molecule has 12 heteroatoms. The van der Waals surface area contributed by atoms with Gasteiger partial charge in [-0.05, 0) is 57.2 Å². The van der Waals surface area contributed by atoms with Gasteiger partial charge in [-0.1, -0.05) is 54.1 Å². The van der Waals surface area contributed by atoms with Gasteiger partial charge in [0.15, 0.2) is 0 Å². The molecule has 0 amide bonds. The molecule has 37 heavy (non-hydrogen) atoms. The maximum atomic E-state index is 13.5. The molecular formula is C25H29NO8S3. The fourth-order valence-corrected chi connectivity index (χ4v) is 7.26. The van der Waals surface area contributed by atoms with Crippen LogP contribution in [0.25, 0.3) is 0 Å². The number of hydrogen-bond acceptors (Lipinski definition) is 8. The van der Waals surface area contributed by atoms with Gasteiger partial charge >= 0.3 is 0 Å². The second-order valence-corrected chi connectivity index (χ2v) is 13.6. The standard InChI is InChI=1S/C25H29NO8S3/c1-20-14-16-23(17-15-20)35(27,28)26(18-21(2)33-36(29,30)24-10-6-4-7-11-24)19-22(3)34-37(31,32)25-12-8-5-9-13-25/h4-17,21-22H,18-19H2,1-3H3. The van der Waals surface area contributed by atoms with Gasteiger partial charge in [0, 0.05) is 13.1 Å². The quantitative estimate of drug-likeness (QED) is 0.304. The number of rotatable bonds is 12. The summed E-state index contributed by atoms with van der Waals surface area (Å²) in [6.45, 7) is 3.90. The van der Waals surface area contributed by atoms with Gasteiger partial charge in [0.2, 0.25) is 10.0 Å². The van der Waals surface area contributed by atoms with Crippen LogP contribution in [-0.4, -0.2) is 54.9 Å². The molecule has 0 heterocycles. The third kappa shape index (κ3) is 7.69. The van der Waals surface area contributed by atoms with Crippen LogP contribution in [0.4, 0.5) is 0 Å². The SMILES string of the molecule is Cc1ccc(S(=O)(=O)N(CC(C)OS(=O)(=O)c2ccccc2)CC(C)OS(=O)(=O)c2ccccc2)cc1. The van der Waals surface area contributed by atoms with E-state index in [1.54, 1.807) is 48.5 Å². The summed E-state index contributed by atoms with van der Waals surface area (Å²) in [6, 6.07) is 21.1. The molecule has 0 radical (unpaired) electrons. The fourth-order valence-electron chi connectivity index (χ4n) is 3.48. The van der Waals surface area contributed by atoms with E-state index in [0.29, 0.717) is 0 Å². The molecule has 0 spiro atoms. The normalized spacial score (nSPS) is 14.4. The minimum Gasteiger partial charge on any atom is -0.262 e. The van der Waals surface area contributed by atoms with Gasteiger partial charge in [-0.3, -0.25) is 8.37 Å². The molecule has 0 aromatic heterocycles. The highest BCUT2D eigenvalue weighted by molar-refractivity contribution is 7.89. The lowest BCUT2D eigenvalue weighted by atomic mass is 10.2. The molecule has 0 saturated heterocycles. The topological polar surface area (TPSA) is 124 Å². The lowest BCUT2D eigenvalue weighted by Gasteiger charge is -2.27. The summed E-state index contributed by atoms with van der Waals surface area (Å²) in [6.07, 6.45) is -2.19. The summed E-state index contributed by atoms with van der Waals surface area (Å²) in [5.74, 6) is 0. The van der Waals surface area contributed by atoms with Crippen LogP contribution in [0.2, 0.25) is 0 Å². The number of nitrogens with zero attached hydrogens (tertiary/aromatic N) is 1. The fraction of sp³-hybridized carbons (Fsp3) is 0.280. The molecule has 3 aromatic carbocycles. The highest BCUT2D eigenvalue weighted by Crippen LogP contribution is 2.22. The van der Waals surface area contributed by atoms with E-state index in [-0.39, 0.29) is 27.8 Å². The van der Waals surface area contributed by atoms with Crippen LogP contribution in [0.5, 0.6) is 0 Å².